The highest BCUT2D eigenvalue weighted by molar-refractivity contribution is 9.10. The number of rotatable bonds is 2. The van der Waals surface area contributed by atoms with Gasteiger partial charge in [-0.3, -0.25) is 0 Å². The zero-order chi connectivity index (χ0) is 15.1. The molecular formula is C16H20Br2O2. The van der Waals surface area contributed by atoms with Crippen molar-refractivity contribution in [1.29, 1.82) is 0 Å². The van der Waals surface area contributed by atoms with E-state index < -0.39 is 0 Å². The summed E-state index contributed by atoms with van der Waals surface area (Å²) in [5.41, 5.74) is 2.07. The summed E-state index contributed by atoms with van der Waals surface area (Å²) in [5, 5.41) is 19.9. The fourth-order valence-corrected chi connectivity index (χ4v) is 3.87. The van der Waals surface area contributed by atoms with Gasteiger partial charge in [0.05, 0.1) is 4.47 Å². The molecule has 0 amide bonds. The maximum atomic E-state index is 10.1. The van der Waals surface area contributed by atoms with E-state index in [2.05, 4.69) is 52.3 Å². The summed E-state index contributed by atoms with van der Waals surface area (Å²) in [4.78, 5) is 0.441. The molecule has 0 radical (unpaired) electrons. The van der Waals surface area contributed by atoms with Crippen LogP contribution in [-0.4, -0.2) is 15.0 Å². The van der Waals surface area contributed by atoms with Crippen LogP contribution in [0.1, 0.15) is 32.3 Å². The maximum Gasteiger partial charge on any atom is 0.130 e. The molecule has 110 valence electrons. The highest BCUT2D eigenvalue weighted by Gasteiger charge is 2.41. The largest absolute Gasteiger partial charge is 0.508 e. The number of hydrogen-bond donors (Lipinski definition) is 2. The minimum atomic E-state index is 0.0739. The second kappa shape index (κ2) is 5.72. The highest BCUT2D eigenvalue weighted by atomic mass is 79.9. The van der Waals surface area contributed by atoms with Gasteiger partial charge in [0.2, 0.25) is 0 Å². The van der Waals surface area contributed by atoms with Crippen LogP contribution in [0.5, 0.6) is 11.5 Å². The van der Waals surface area contributed by atoms with E-state index in [0.717, 1.165) is 18.4 Å². The first-order valence-electron chi connectivity index (χ1n) is 6.75. The first-order valence-corrected chi connectivity index (χ1v) is 8.46. The zero-order valence-corrected chi connectivity index (χ0v) is 15.0. The number of phenolic OH excluding ortho intramolecular Hbond substituents is 2. The molecule has 1 aliphatic carbocycles. The number of alkyl halides is 1. The number of allylic oxidation sites excluding steroid dienone is 1. The van der Waals surface area contributed by atoms with Gasteiger partial charge in [-0.1, -0.05) is 41.9 Å². The van der Waals surface area contributed by atoms with Crippen molar-refractivity contribution in [2.75, 3.05) is 0 Å². The Morgan fingerprint density at radius 3 is 2.60 bits per heavy atom. The van der Waals surface area contributed by atoms with Crippen molar-refractivity contribution in [3.8, 4) is 11.5 Å². The monoisotopic (exact) mass is 402 g/mol. The fraction of sp³-hybridized carbons (Fsp3) is 0.500. The van der Waals surface area contributed by atoms with Crippen molar-refractivity contribution in [2.45, 2.75) is 37.9 Å². The lowest BCUT2D eigenvalue weighted by Crippen LogP contribution is -2.39. The molecule has 2 nitrogen and oxygen atoms in total. The van der Waals surface area contributed by atoms with Crippen LogP contribution in [-0.2, 0) is 6.42 Å². The van der Waals surface area contributed by atoms with E-state index >= 15 is 0 Å². The van der Waals surface area contributed by atoms with Gasteiger partial charge in [-0.15, -0.1) is 0 Å². The van der Waals surface area contributed by atoms with E-state index in [1.165, 1.54) is 5.57 Å². The van der Waals surface area contributed by atoms with Crippen LogP contribution in [0.15, 0.2) is 28.8 Å². The molecule has 2 atom stereocenters. The van der Waals surface area contributed by atoms with E-state index in [0.29, 0.717) is 15.7 Å². The molecule has 1 aromatic carbocycles. The molecule has 0 saturated heterocycles. The second-order valence-corrected chi connectivity index (χ2v) is 8.13. The van der Waals surface area contributed by atoms with Gasteiger partial charge in [0.15, 0.2) is 0 Å². The van der Waals surface area contributed by atoms with Crippen molar-refractivity contribution in [3.63, 3.8) is 0 Å². The number of phenols is 2. The van der Waals surface area contributed by atoms with Crippen molar-refractivity contribution in [1.82, 2.24) is 0 Å². The Bertz CT molecular complexity index is 538. The smallest absolute Gasteiger partial charge is 0.130 e. The van der Waals surface area contributed by atoms with Crippen LogP contribution >= 0.6 is 31.9 Å². The Balaban J connectivity index is 2.32. The molecule has 2 N–H and O–H groups in total. The van der Waals surface area contributed by atoms with Crippen LogP contribution < -0.4 is 0 Å². The number of hydrogen-bond acceptors (Lipinski definition) is 2. The lowest BCUT2D eigenvalue weighted by Gasteiger charge is -2.44. The third-order valence-electron chi connectivity index (χ3n) is 4.49. The Kier molecular flexibility index (Phi) is 4.55. The molecule has 20 heavy (non-hydrogen) atoms. The first-order chi connectivity index (χ1) is 9.23. The molecular weight excluding hydrogens is 384 g/mol. The summed E-state index contributed by atoms with van der Waals surface area (Å²) in [6.07, 6.45) is 2.80. The van der Waals surface area contributed by atoms with Crippen molar-refractivity contribution < 1.29 is 10.2 Å². The second-order valence-electron chi connectivity index (χ2n) is 6.17. The molecule has 0 unspecified atom stereocenters. The van der Waals surface area contributed by atoms with Gasteiger partial charge in [0.1, 0.15) is 11.5 Å². The quantitative estimate of drug-likeness (QED) is 0.406. The molecule has 0 aromatic heterocycles. The minimum Gasteiger partial charge on any atom is -0.508 e. The van der Waals surface area contributed by atoms with Crippen LogP contribution in [0.3, 0.4) is 0 Å². The lowest BCUT2D eigenvalue weighted by atomic mass is 9.64. The first kappa shape index (κ1) is 15.9. The number of aromatic hydroxyl groups is 2. The maximum absolute atomic E-state index is 10.1. The molecule has 1 aliphatic rings. The van der Waals surface area contributed by atoms with E-state index in [4.69, 9.17) is 0 Å². The summed E-state index contributed by atoms with van der Waals surface area (Å²) < 4.78 is 0.513. The van der Waals surface area contributed by atoms with Crippen LogP contribution in [0.25, 0.3) is 0 Å². The van der Waals surface area contributed by atoms with Gasteiger partial charge in [0, 0.05) is 4.83 Å². The third-order valence-corrected chi connectivity index (χ3v) is 6.76. The predicted molar refractivity (Wildman–Crippen MR) is 89.5 cm³/mol. The molecule has 1 aromatic rings. The summed E-state index contributed by atoms with van der Waals surface area (Å²) in [7, 11) is 0. The third kappa shape index (κ3) is 2.91. The van der Waals surface area contributed by atoms with E-state index in [9.17, 15) is 10.2 Å². The normalized spacial score (nSPS) is 25.7. The van der Waals surface area contributed by atoms with Crippen LogP contribution in [0, 0.1) is 11.3 Å². The average molecular weight is 404 g/mol. The number of benzene rings is 1. The molecule has 0 heterocycles. The van der Waals surface area contributed by atoms with Gasteiger partial charge < -0.3 is 10.2 Å². The summed E-state index contributed by atoms with van der Waals surface area (Å²) >= 11 is 6.99. The van der Waals surface area contributed by atoms with Crippen molar-refractivity contribution >= 4 is 31.9 Å². The lowest BCUT2D eigenvalue weighted by molar-refractivity contribution is 0.201. The molecule has 0 bridgehead atoms. The van der Waals surface area contributed by atoms with Crippen LogP contribution in [0.2, 0.25) is 0 Å². The van der Waals surface area contributed by atoms with Crippen LogP contribution in [0.4, 0.5) is 0 Å². The summed E-state index contributed by atoms with van der Waals surface area (Å²) in [6.45, 7) is 8.68. The zero-order valence-electron chi connectivity index (χ0n) is 11.8. The molecule has 2 rings (SSSR count). The van der Waals surface area contributed by atoms with E-state index in [1.807, 2.05) is 0 Å². The van der Waals surface area contributed by atoms with Gasteiger partial charge in [-0.25, -0.2) is 0 Å². The van der Waals surface area contributed by atoms with Gasteiger partial charge >= 0.3 is 0 Å². The Hall–Kier alpha value is -0.480. The van der Waals surface area contributed by atoms with Gasteiger partial charge in [-0.05, 0) is 64.2 Å². The van der Waals surface area contributed by atoms with E-state index in [1.54, 1.807) is 12.1 Å². The minimum absolute atomic E-state index is 0.0739. The van der Waals surface area contributed by atoms with Crippen molar-refractivity contribution in [3.05, 3.63) is 34.3 Å². The average Bonchev–Trinajstić information content (AvgIpc) is 2.36. The van der Waals surface area contributed by atoms with Crippen molar-refractivity contribution in [2.24, 2.45) is 11.3 Å². The van der Waals surface area contributed by atoms with Gasteiger partial charge in [-0.2, -0.15) is 0 Å². The molecule has 4 heteroatoms. The Morgan fingerprint density at radius 1 is 1.30 bits per heavy atom. The highest BCUT2D eigenvalue weighted by Crippen LogP contribution is 2.49. The Morgan fingerprint density at radius 2 is 1.95 bits per heavy atom. The molecule has 1 saturated carbocycles. The topological polar surface area (TPSA) is 40.5 Å². The number of halogens is 2. The summed E-state index contributed by atoms with van der Waals surface area (Å²) in [6, 6.07) is 3.19. The standard InChI is InChI=1S/C16H20Br2O2/c1-9-4-5-15(18)16(2,3)11(9)6-10-7-14(20)12(17)8-13(10)19/h7-8,11,15,19-20H,1,4-6H2,2-3H3/t11-,15+/m0/s1. The molecule has 0 aliphatic heterocycles. The summed E-state index contributed by atoms with van der Waals surface area (Å²) in [5.74, 6) is 0.662. The predicted octanol–water partition coefficient (Wildman–Crippen LogP) is 5.16. The SMILES string of the molecule is C=C1CC[C@@H](Br)C(C)(C)[C@H]1Cc1cc(O)c(Br)cc1O. The Labute approximate surface area is 137 Å². The van der Waals surface area contributed by atoms with Gasteiger partial charge in [0.25, 0.3) is 0 Å². The molecule has 1 fully saturated rings. The fourth-order valence-electron chi connectivity index (χ4n) is 2.99. The molecule has 0 spiro atoms. The van der Waals surface area contributed by atoms with E-state index in [-0.39, 0.29) is 22.8 Å².